The van der Waals surface area contributed by atoms with Crippen molar-refractivity contribution in [2.24, 2.45) is 11.7 Å². The second-order valence-electron chi connectivity index (χ2n) is 5.97. The van der Waals surface area contributed by atoms with Gasteiger partial charge < -0.3 is 10.6 Å². The number of hydrogen-bond acceptors (Lipinski definition) is 2. The molecule has 20 heavy (non-hydrogen) atoms. The fraction of sp³-hybridized carbons (Fsp3) is 0.562. The van der Waals surface area contributed by atoms with Gasteiger partial charge in [0, 0.05) is 19.1 Å². The van der Waals surface area contributed by atoms with Crippen LogP contribution in [-0.2, 0) is 6.54 Å². The molecule has 1 aliphatic heterocycles. The van der Waals surface area contributed by atoms with E-state index < -0.39 is 0 Å². The maximum atomic E-state index is 7.66. The molecule has 0 fully saturated rings. The number of nitrogens with two attached hydrogens (primary N) is 1. The van der Waals surface area contributed by atoms with E-state index in [1.807, 2.05) is 11.8 Å². The van der Waals surface area contributed by atoms with E-state index in [0.717, 1.165) is 26.2 Å². The van der Waals surface area contributed by atoms with E-state index in [9.17, 15) is 0 Å². The predicted octanol–water partition coefficient (Wildman–Crippen LogP) is 2.76. The summed E-state index contributed by atoms with van der Waals surface area (Å²) >= 11 is 0. The monoisotopic (exact) mass is 274 g/mol. The molecule has 4 nitrogen and oxygen atoms in total. The molecule has 1 aromatic rings. The van der Waals surface area contributed by atoms with Gasteiger partial charge in [-0.3, -0.25) is 10.3 Å². The van der Waals surface area contributed by atoms with Crippen LogP contribution in [0, 0.1) is 11.3 Å². The Balaban J connectivity index is 2.18. The van der Waals surface area contributed by atoms with E-state index in [1.54, 1.807) is 0 Å². The molecule has 0 spiro atoms. The highest BCUT2D eigenvalue weighted by atomic mass is 15.4. The van der Waals surface area contributed by atoms with Gasteiger partial charge in [0.25, 0.3) is 0 Å². The third kappa shape index (κ3) is 3.12. The Morgan fingerprint density at radius 1 is 1.45 bits per heavy atom. The highest BCUT2D eigenvalue weighted by molar-refractivity contribution is 5.74. The van der Waals surface area contributed by atoms with E-state index in [-0.39, 0.29) is 5.96 Å². The molecule has 1 atom stereocenters. The minimum Gasteiger partial charge on any atom is -0.370 e. The van der Waals surface area contributed by atoms with Crippen molar-refractivity contribution < 1.29 is 0 Å². The predicted molar refractivity (Wildman–Crippen MR) is 83.3 cm³/mol. The molecule has 0 bridgehead atoms. The van der Waals surface area contributed by atoms with Crippen LogP contribution < -0.4 is 5.73 Å². The van der Waals surface area contributed by atoms with Crippen LogP contribution in [0.1, 0.15) is 44.4 Å². The molecule has 2 rings (SSSR count). The zero-order valence-electron chi connectivity index (χ0n) is 12.8. The summed E-state index contributed by atoms with van der Waals surface area (Å²) in [6, 6.07) is 9.13. The largest absolute Gasteiger partial charge is 0.370 e. The number of nitrogens with zero attached hydrogens (tertiary/aromatic N) is 2. The lowest BCUT2D eigenvalue weighted by atomic mass is 9.97. The van der Waals surface area contributed by atoms with E-state index in [2.05, 4.69) is 43.0 Å². The van der Waals surface area contributed by atoms with Gasteiger partial charge in [0.2, 0.25) is 0 Å². The summed E-state index contributed by atoms with van der Waals surface area (Å²) < 4.78 is 0. The summed E-state index contributed by atoms with van der Waals surface area (Å²) in [6.45, 7) is 9.04. The minimum absolute atomic E-state index is 0.159. The van der Waals surface area contributed by atoms with Crippen molar-refractivity contribution in [2.45, 2.75) is 39.8 Å². The molecular formula is C16H26N4. The van der Waals surface area contributed by atoms with E-state index >= 15 is 0 Å². The molecule has 0 saturated heterocycles. The Kier molecular flexibility index (Phi) is 4.65. The molecular weight excluding hydrogens is 248 g/mol. The lowest BCUT2D eigenvalue weighted by Crippen LogP contribution is -2.44. The number of rotatable bonds is 5. The molecule has 0 saturated carbocycles. The maximum Gasteiger partial charge on any atom is 0.189 e. The number of benzene rings is 1. The SMILES string of the molecule is CCN(CN1Cc2ccccc2C1CC(C)C)C(=N)N. The molecule has 110 valence electrons. The Bertz CT molecular complexity index is 469. The number of hydrogen-bond donors (Lipinski definition) is 2. The maximum absolute atomic E-state index is 7.66. The number of nitrogens with one attached hydrogen (secondary N) is 1. The van der Waals surface area contributed by atoms with Gasteiger partial charge in [-0.1, -0.05) is 38.1 Å². The van der Waals surface area contributed by atoms with Crippen LogP contribution in [0.25, 0.3) is 0 Å². The van der Waals surface area contributed by atoms with Gasteiger partial charge in [-0.05, 0) is 30.4 Å². The van der Waals surface area contributed by atoms with Crippen molar-refractivity contribution >= 4 is 5.96 Å². The topological polar surface area (TPSA) is 56.4 Å². The lowest BCUT2D eigenvalue weighted by Gasteiger charge is -2.32. The van der Waals surface area contributed by atoms with Crippen LogP contribution in [-0.4, -0.2) is 29.0 Å². The molecule has 1 heterocycles. The quantitative estimate of drug-likeness (QED) is 0.641. The minimum atomic E-state index is 0.159. The Morgan fingerprint density at radius 3 is 2.75 bits per heavy atom. The molecule has 1 unspecified atom stereocenters. The standard InChI is InChI=1S/C16H26N4/c1-4-19(16(17)18)11-20-10-13-7-5-6-8-14(13)15(20)9-12(2)3/h5-8,12,15H,4,9-11H2,1-3H3,(H3,17,18). The van der Waals surface area contributed by atoms with Gasteiger partial charge in [0.15, 0.2) is 5.96 Å². The Morgan fingerprint density at radius 2 is 2.15 bits per heavy atom. The number of fused-ring (bicyclic) bond motifs is 1. The van der Waals surface area contributed by atoms with Crippen LogP contribution in [0.5, 0.6) is 0 Å². The van der Waals surface area contributed by atoms with Crippen LogP contribution in [0.4, 0.5) is 0 Å². The van der Waals surface area contributed by atoms with Crippen molar-refractivity contribution in [3.63, 3.8) is 0 Å². The summed E-state index contributed by atoms with van der Waals surface area (Å²) in [5.41, 5.74) is 8.52. The van der Waals surface area contributed by atoms with Crippen molar-refractivity contribution in [1.29, 1.82) is 5.41 Å². The first-order valence-corrected chi connectivity index (χ1v) is 7.43. The third-order valence-corrected chi connectivity index (χ3v) is 4.00. The van der Waals surface area contributed by atoms with Crippen LogP contribution in [0.3, 0.4) is 0 Å². The highest BCUT2D eigenvalue weighted by Gasteiger charge is 2.31. The third-order valence-electron chi connectivity index (χ3n) is 4.00. The average molecular weight is 274 g/mol. The molecule has 1 aromatic carbocycles. The van der Waals surface area contributed by atoms with Gasteiger partial charge in [-0.2, -0.15) is 0 Å². The van der Waals surface area contributed by atoms with Crippen LogP contribution in [0.15, 0.2) is 24.3 Å². The second-order valence-corrected chi connectivity index (χ2v) is 5.97. The molecule has 1 aliphatic rings. The number of guanidine groups is 1. The van der Waals surface area contributed by atoms with E-state index in [1.165, 1.54) is 11.1 Å². The van der Waals surface area contributed by atoms with Crippen molar-refractivity contribution in [1.82, 2.24) is 9.80 Å². The highest BCUT2D eigenvalue weighted by Crippen LogP contribution is 2.37. The van der Waals surface area contributed by atoms with Crippen molar-refractivity contribution in [2.75, 3.05) is 13.2 Å². The summed E-state index contributed by atoms with van der Waals surface area (Å²) in [5, 5.41) is 7.66. The van der Waals surface area contributed by atoms with Gasteiger partial charge in [0.1, 0.15) is 0 Å². The van der Waals surface area contributed by atoms with Crippen LogP contribution >= 0.6 is 0 Å². The smallest absolute Gasteiger partial charge is 0.189 e. The summed E-state index contributed by atoms with van der Waals surface area (Å²) in [7, 11) is 0. The molecule has 0 aliphatic carbocycles. The van der Waals surface area contributed by atoms with Gasteiger partial charge in [-0.15, -0.1) is 0 Å². The van der Waals surface area contributed by atoms with Crippen molar-refractivity contribution in [3.05, 3.63) is 35.4 Å². The summed E-state index contributed by atoms with van der Waals surface area (Å²) in [5.74, 6) is 0.813. The zero-order chi connectivity index (χ0) is 14.7. The molecule has 4 heteroatoms. The second kappa shape index (κ2) is 6.27. The fourth-order valence-electron chi connectivity index (χ4n) is 2.97. The molecule has 3 N–H and O–H groups in total. The van der Waals surface area contributed by atoms with Gasteiger partial charge >= 0.3 is 0 Å². The van der Waals surface area contributed by atoms with Crippen molar-refractivity contribution in [3.8, 4) is 0 Å². The summed E-state index contributed by atoms with van der Waals surface area (Å²) in [4.78, 5) is 4.36. The molecule has 0 amide bonds. The van der Waals surface area contributed by atoms with Crippen LogP contribution in [0.2, 0.25) is 0 Å². The Hall–Kier alpha value is -1.55. The molecule has 0 aromatic heterocycles. The normalized spacial score (nSPS) is 18.3. The summed E-state index contributed by atoms with van der Waals surface area (Å²) in [6.07, 6.45) is 1.15. The first kappa shape index (κ1) is 14.9. The van der Waals surface area contributed by atoms with E-state index in [0.29, 0.717) is 12.0 Å². The zero-order valence-corrected chi connectivity index (χ0v) is 12.8. The Labute approximate surface area is 122 Å². The first-order valence-electron chi connectivity index (χ1n) is 7.43. The first-order chi connectivity index (χ1) is 9.52. The van der Waals surface area contributed by atoms with E-state index in [4.69, 9.17) is 11.1 Å². The fourth-order valence-corrected chi connectivity index (χ4v) is 2.97. The lowest BCUT2D eigenvalue weighted by molar-refractivity contribution is 0.131. The van der Waals surface area contributed by atoms with Gasteiger partial charge in [-0.25, -0.2) is 0 Å². The average Bonchev–Trinajstić information content (AvgIpc) is 2.73. The van der Waals surface area contributed by atoms with Gasteiger partial charge in [0.05, 0.1) is 6.67 Å². The molecule has 0 radical (unpaired) electrons.